The first kappa shape index (κ1) is 14.0. The molecule has 2 atom stereocenters. The van der Waals surface area contributed by atoms with E-state index in [-0.39, 0.29) is 28.4 Å². The van der Waals surface area contributed by atoms with Crippen LogP contribution < -0.4 is 4.74 Å². The monoisotopic (exact) mass is 304 g/mol. The Morgan fingerprint density at radius 3 is 2.32 bits per heavy atom. The smallest absolute Gasteiger partial charge is 0.212 e. The van der Waals surface area contributed by atoms with Gasteiger partial charge in [-0.2, -0.15) is 0 Å². The molecule has 2 aromatic rings. The largest absolute Gasteiger partial charge is 0.508 e. The molecule has 7 nitrogen and oxygen atoms in total. The third-order valence-corrected chi connectivity index (χ3v) is 3.48. The van der Waals surface area contributed by atoms with Gasteiger partial charge in [-0.25, -0.2) is 0 Å². The summed E-state index contributed by atoms with van der Waals surface area (Å²) in [6, 6.07) is 5.79. The first-order valence-corrected chi connectivity index (χ1v) is 6.35. The second-order valence-electron chi connectivity index (χ2n) is 4.94. The first-order chi connectivity index (χ1) is 10.4. The van der Waals surface area contributed by atoms with E-state index in [2.05, 4.69) is 0 Å². The van der Waals surface area contributed by atoms with E-state index in [1.165, 1.54) is 12.1 Å². The van der Waals surface area contributed by atoms with Crippen LogP contribution >= 0.6 is 0 Å². The molecule has 0 spiro atoms. The molecule has 0 amide bonds. The first-order valence-electron chi connectivity index (χ1n) is 6.35. The summed E-state index contributed by atoms with van der Waals surface area (Å²) in [4.78, 5) is 12.5. The molecule has 114 valence electrons. The molecule has 0 radical (unpaired) electrons. The Balaban J connectivity index is 2.10. The number of Topliss-reactive ketones (excluding diaryl/α,β-unsaturated/α-hetero) is 1. The summed E-state index contributed by atoms with van der Waals surface area (Å²) in [5, 5.41) is 48.0. The van der Waals surface area contributed by atoms with Crippen molar-refractivity contribution in [2.45, 2.75) is 12.2 Å². The van der Waals surface area contributed by atoms with Gasteiger partial charge in [0.15, 0.2) is 28.8 Å². The van der Waals surface area contributed by atoms with Crippen molar-refractivity contribution >= 4 is 5.78 Å². The van der Waals surface area contributed by atoms with Crippen LogP contribution in [0.5, 0.6) is 28.7 Å². The number of phenols is 4. The molecular formula is C15H12O7. The average Bonchev–Trinajstić information content (AvgIpc) is 2.44. The summed E-state index contributed by atoms with van der Waals surface area (Å²) < 4.78 is 5.15. The molecule has 0 aliphatic carbocycles. The van der Waals surface area contributed by atoms with Crippen LogP contribution in [0.3, 0.4) is 0 Å². The van der Waals surface area contributed by atoms with E-state index >= 15 is 0 Å². The van der Waals surface area contributed by atoms with E-state index in [9.17, 15) is 30.3 Å². The zero-order valence-corrected chi connectivity index (χ0v) is 11.1. The van der Waals surface area contributed by atoms with Crippen molar-refractivity contribution in [1.29, 1.82) is 0 Å². The molecule has 0 saturated carbocycles. The molecule has 0 saturated heterocycles. The van der Waals surface area contributed by atoms with Crippen LogP contribution in [0.2, 0.25) is 0 Å². The number of hydrogen-bond acceptors (Lipinski definition) is 7. The molecule has 2 aromatic carbocycles. The highest BCUT2D eigenvalue weighted by atomic mass is 16.6. The number of fused-ring (bicyclic) bond motifs is 1. The number of benzene rings is 2. The molecular weight excluding hydrogens is 292 g/mol. The molecule has 7 heteroatoms. The molecule has 22 heavy (non-hydrogen) atoms. The number of carbonyl (C=O) groups is 1. The topological polar surface area (TPSA) is 127 Å². The Hall–Kier alpha value is -2.93. The lowest BCUT2D eigenvalue weighted by atomic mass is 9.87. The van der Waals surface area contributed by atoms with E-state index in [1.807, 2.05) is 0 Å². The maximum Gasteiger partial charge on any atom is 0.212 e. The zero-order valence-electron chi connectivity index (χ0n) is 11.1. The minimum atomic E-state index is -1.58. The summed E-state index contributed by atoms with van der Waals surface area (Å²) in [5.74, 6) is -3.56. The van der Waals surface area contributed by atoms with Crippen LogP contribution in [0, 0.1) is 0 Å². The quantitative estimate of drug-likeness (QED) is 0.501. The summed E-state index contributed by atoms with van der Waals surface area (Å²) in [6.07, 6.45) is -1.58. The normalized spacial score (nSPS) is 20.3. The van der Waals surface area contributed by atoms with Crippen LogP contribution in [-0.2, 0) is 0 Å². The molecule has 1 heterocycles. The fourth-order valence-electron chi connectivity index (χ4n) is 2.44. The molecule has 0 unspecified atom stereocenters. The van der Waals surface area contributed by atoms with Crippen molar-refractivity contribution in [2.75, 3.05) is 0 Å². The van der Waals surface area contributed by atoms with Gasteiger partial charge in [-0.1, -0.05) is 6.07 Å². The number of aliphatic hydroxyl groups excluding tert-OH is 1. The summed E-state index contributed by atoms with van der Waals surface area (Å²) in [6.45, 7) is 0. The van der Waals surface area contributed by atoms with Crippen LogP contribution in [0.25, 0.3) is 0 Å². The third kappa shape index (κ3) is 2.08. The van der Waals surface area contributed by atoms with Gasteiger partial charge in [0.2, 0.25) is 6.29 Å². The number of rotatable bonds is 1. The van der Waals surface area contributed by atoms with Gasteiger partial charge < -0.3 is 30.3 Å². The summed E-state index contributed by atoms with van der Waals surface area (Å²) in [5.41, 5.74) is 0.140. The Kier molecular flexibility index (Phi) is 3.07. The number of hydrogen-bond donors (Lipinski definition) is 5. The van der Waals surface area contributed by atoms with Crippen molar-refractivity contribution in [1.82, 2.24) is 0 Å². The van der Waals surface area contributed by atoms with Gasteiger partial charge >= 0.3 is 0 Å². The fourth-order valence-corrected chi connectivity index (χ4v) is 2.44. The van der Waals surface area contributed by atoms with Crippen molar-refractivity contribution in [3.8, 4) is 28.7 Å². The number of ether oxygens (including phenoxy) is 1. The van der Waals surface area contributed by atoms with Crippen molar-refractivity contribution < 1.29 is 35.1 Å². The summed E-state index contributed by atoms with van der Waals surface area (Å²) in [7, 11) is 0. The Bertz CT molecular complexity index is 769. The second kappa shape index (κ2) is 4.81. The van der Waals surface area contributed by atoms with Gasteiger partial charge in [-0.05, 0) is 23.8 Å². The van der Waals surface area contributed by atoms with E-state index < -0.39 is 29.5 Å². The van der Waals surface area contributed by atoms with E-state index in [4.69, 9.17) is 4.74 Å². The highest BCUT2D eigenvalue weighted by molar-refractivity contribution is 6.05. The molecule has 1 aliphatic rings. The van der Waals surface area contributed by atoms with E-state index in [1.54, 1.807) is 0 Å². The maximum absolute atomic E-state index is 12.5. The Morgan fingerprint density at radius 1 is 0.909 bits per heavy atom. The number of phenolic OH excluding ortho intramolecular Hbond substituents is 4. The third-order valence-electron chi connectivity index (χ3n) is 3.48. The number of aromatic hydroxyl groups is 4. The molecule has 1 aliphatic heterocycles. The summed E-state index contributed by atoms with van der Waals surface area (Å²) >= 11 is 0. The Morgan fingerprint density at radius 2 is 1.64 bits per heavy atom. The van der Waals surface area contributed by atoms with Gasteiger partial charge in [-0.15, -0.1) is 0 Å². The van der Waals surface area contributed by atoms with Crippen LogP contribution in [0.15, 0.2) is 30.3 Å². The predicted octanol–water partition coefficient (Wildman–Crippen LogP) is 1.19. The number of aliphatic hydroxyl groups is 1. The molecule has 3 rings (SSSR count). The van der Waals surface area contributed by atoms with Crippen LogP contribution in [0.1, 0.15) is 21.8 Å². The lowest BCUT2D eigenvalue weighted by Gasteiger charge is -2.29. The average molecular weight is 304 g/mol. The minimum Gasteiger partial charge on any atom is -0.508 e. The highest BCUT2D eigenvalue weighted by Crippen LogP contribution is 2.43. The van der Waals surface area contributed by atoms with Gasteiger partial charge in [0.1, 0.15) is 11.7 Å². The van der Waals surface area contributed by atoms with Crippen LogP contribution in [-0.4, -0.2) is 37.6 Å². The van der Waals surface area contributed by atoms with Gasteiger partial charge in [0.25, 0.3) is 0 Å². The Labute approximate surface area is 124 Å². The highest BCUT2D eigenvalue weighted by Gasteiger charge is 2.39. The predicted molar refractivity (Wildman–Crippen MR) is 73.2 cm³/mol. The van der Waals surface area contributed by atoms with E-state index in [0.717, 1.165) is 18.2 Å². The van der Waals surface area contributed by atoms with Gasteiger partial charge in [0, 0.05) is 6.07 Å². The number of carbonyl (C=O) groups excluding carboxylic acids is 1. The van der Waals surface area contributed by atoms with Gasteiger partial charge in [-0.3, -0.25) is 4.79 Å². The van der Waals surface area contributed by atoms with Crippen LogP contribution in [0.4, 0.5) is 0 Å². The van der Waals surface area contributed by atoms with Crippen molar-refractivity contribution in [3.05, 3.63) is 41.5 Å². The molecule has 5 N–H and O–H groups in total. The maximum atomic E-state index is 12.5. The van der Waals surface area contributed by atoms with E-state index in [0.29, 0.717) is 0 Å². The van der Waals surface area contributed by atoms with Crippen molar-refractivity contribution in [2.24, 2.45) is 0 Å². The molecule has 0 fully saturated rings. The SMILES string of the molecule is O=C1c2cc(O)cc(O)c2O[C@H](O)[C@H]1c1ccc(O)c(O)c1. The molecule has 0 aromatic heterocycles. The fraction of sp³-hybridized carbons (Fsp3) is 0.133. The second-order valence-corrected chi connectivity index (χ2v) is 4.94. The molecule has 0 bridgehead atoms. The van der Waals surface area contributed by atoms with Gasteiger partial charge in [0.05, 0.1) is 5.56 Å². The zero-order chi connectivity index (χ0) is 16.0. The standard InChI is InChI=1S/C15H12O7/c16-7-4-8-13(20)12(6-1-2-9(17)10(18)3-6)15(21)22-14(8)11(19)5-7/h1-5,12,15-19,21H/t12-,15-/m0/s1. The minimum absolute atomic E-state index is 0.0830. The lowest BCUT2D eigenvalue weighted by molar-refractivity contribution is -0.0401. The number of ketones is 1. The van der Waals surface area contributed by atoms with Crippen molar-refractivity contribution in [3.63, 3.8) is 0 Å². The lowest BCUT2D eigenvalue weighted by Crippen LogP contribution is -2.35.